The van der Waals surface area contributed by atoms with Crippen LogP contribution in [0.3, 0.4) is 0 Å². The maximum Gasteiger partial charge on any atom is 0.227 e. The van der Waals surface area contributed by atoms with Gasteiger partial charge in [-0.3, -0.25) is 4.79 Å². The van der Waals surface area contributed by atoms with Gasteiger partial charge in [0.15, 0.2) is 0 Å². The van der Waals surface area contributed by atoms with E-state index in [1.807, 2.05) is 12.1 Å². The normalized spacial score (nSPS) is 30.5. The van der Waals surface area contributed by atoms with E-state index >= 15 is 0 Å². The predicted octanol–water partition coefficient (Wildman–Crippen LogP) is 3.71. The summed E-state index contributed by atoms with van der Waals surface area (Å²) < 4.78 is 0. The number of hydrogen-bond acceptors (Lipinski definition) is 1. The van der Waals surface area contributed by atoms with Gasteiger partial charge in [0.1, 0.15) is 0 Å². The van der Waals surface area contributed by atoms with E-state index in [1.54, 1.807) is 12.1 Å². The molecule has 3 heteroatoms. The Morgan fingerprint density at radius 2 is 1.94 bits per heavy atom. The van der Waals surface area contributed by atoms with Gasteiger partial charge in [0.05, 0.1) is 0 Å². The summed E-state index contributed by atoms with van der Waals surface area (Å²) in [7, 11) is 0. The summed E-state index contributed by atoms with van der Waals surface area (Å²) in [4.78, 5) is 12.1. The van der Waals surface area contributed by atoms with Crippen molar-refractivity contribution in [2.24, 2.45) is 17.8 Å². The maximum absolute atomic E-state index is 12.1. The number of fused-ring (bicyclic) bond motifs is 2. The van der Waals surface area contributed by atoms with Gasteiger partial charge in [-0.15, -0.1) is 0 Å². The summed E-state index contributed by atoms with van der Waals surface area (Å²) in [6.07, 6.45) is 4.92. The van der Waals surface area contributed by atoms with E-state index in [1.165, 1.54) is 19.3 Å². The largest absolute Gasteiger partial charge is 0.326 e. The highest BCUT2D eigenvalue weighted by Crippen LogP contribution is 2.48. The topological polar surface area (TPSA) is 29.1 Å². The van der Waals surface area contributed by atoms with Crippen LogP contribution in [0.4, 0.5) is 5.69 Å². The van der Waals surface area contributed by atoms with E-state index in [9.17, 15) is 4.79 Å². The van der Waals surface area contributed by atoms with Gasteiger partial charge in [0.25, 0.3) is 0 Å². The van der Waals surface area contributed by atoms with Crippen LogP contribution < -0.4 is 5.32 Å². The monoisotopic (exact) mass is 249 g/mol. The lowest BCUT2D eigenvalue weighted by Crippen LogP contribution is -2.27. The average Bonchev–Trinajstić information content (AvgIpc) is 2.94. The zero-order valence-electron chi connectivity index (χ0n) is 9.66. The highest BCUT2D eigenvalue weighted by atomic mass is 35.5. The fraction of sp³-hybridized carbons (Fsp3) is 0.500. The minimum atomic E-state index is 0.194. The molecule has 1 aromatic carbocycles. The molecular weight excluding hydrogens is 234 g/mol. The van der Waals surface area contributed by atoms with Crippen LogP contribution in [0.2, 0.25) is 5.02 Å². The van der Waals surface area contributed by atoms with Crippen LogP contribution >= 0.6 is 11.6 Å². The van der Waals surface area contributed by atoms with E-state index in [0.717, 1.165) is 18.0 Å². The van der Waals surface area contributed by atoms with Crippen LogP contribution in [0, 0.1) is 17.8 Å². The predicted molar refractivity (Wildman–Crippen MR) is 69.0 cm³/mol. The first-order valence-corrected chi connectivity index (χ1v) is 6.66. The molecular formula is C14H16ClNO. The van der Waals surface area contributed by atoms with Crippen LogP contribution in [0.25, 0.3) is 0 Å². The molecule has 0 heterocycles. The smallest absolute Gasteiger partial charge is 0.227 e. The molecule has 2 aliphatic rings. The molecule has 0 aromatic heterocycles. The molecule has 2 nitrogen and oxygen atoms in total. The van der Waals surface area contributed by atoms with Crippen molar-refractivity contribution in [2.45, 2.75) is 25.7 Å². The summed E-state index contributed by atoms with van der Waals surface area (Å²) in [5.74, 6) is 1.87. The second kappa shape index (κ2) is 4.34. The molecule has 0 radical (unpaired) electrons. The molecule has 1 aromatic rings. The molecule has 1 N–H and O–H groups in total. The third-order valence-corrected chi connectivity index (χ3v) is 4.44. The molecule has 0 aliphatic heterocycles. The van der Waals surface area contributed by atoms with E-state index < -0.39 is 0 Å². The Morgan fingerprint density at radius 1 is 1.18 bits per heavy atom. The van der Waals surface area contributed by atoms with Crippen molar-refractivity contribution >= 4 is 23.2 Å². The Kier molecular flexibility index (Phi) is 2.83. The van der Waals surface area contributed by atoms with E-state index in [-0.39, 0.29) is 11.8 Å². The molecule has 3 rings (SSSR count). The lowest BCUT2D eigenvalue weighted by molar-refractivity contribution is -0.121. The Morgan fingerprint density at radius 3 is 2.53 bits per heavy atom. The molecule has 17 heavy (non-hydrogen) atoms. The van der Waals surface area contributed by atoms with Crippen molar-refractivity contribution in [3.05, 3.63) is 29.3 Å². The third-order valence-electron chi connectivity index (χ3n) is 4.19. The van der Waals surface area contributed by atoms with Crippen LogP contribution in [-0.2, 0) is 4.79 Å². The van der Waals surface area contributed by atoms with Crippen LogP contribution in [0.5, 0.6) is 0 Å². The number of amides is 1. The number of hydrogen-bond donors (Lipinski definition) is 1. The van der Waals surface area contributed by atoms with Gasteiger partial charge in [0, 0.05) is 16.6 Å². The number of nitrogens with one attached hydrogen (secondary N) is 1. The molecule has 0 saturated heterocycles. The highest BCUT2D eigenvalue weighted by molar-refractivity contribution is 6.30. The van der Waals surface area contributed by atoms with Crippen molar-refractivity contribution in [3.8, 4) is 0 Å². The molecule has 1 amide bonds. The quantitative estimate of drug-likeness (QED) is 0.851. The van der Waals surface area contributed by atoms with Gasteiger partial charge in [-0.05, 0) is 55.4 Å². The van der Waals surface area contributed by atoms with Crippen molar-refractivity contribution in [2.75, 3.05) is 5.32 Å². The number of carbonyl (C=O) groups excluding carboxylic acids is 1. The fourth-order valence-electron chi connectivity index (χ4n) is 3.33. The summed E-state index contributed by atoms with van der Waals surface area (Å²) >= 11 is 5.81. The first-order valence-electron chi connectivity index (χ1n) is 6.29. The minimum absolute atomic E-state index is 0.194. The Bertz CT molecular complexity index is 428. The van der Waals surface area contributed by atoms with E-state index in [2.05, 4.69) is 5.32 Å². The van der Waals surface area contributed by atoms with E-state index in [0.29, 0.717) is 10.9 Å². The number of halogens is 1. The molecule has 2 bridgehead atoms. The lowest BCUT2D eigenvalue weighted by Gasteiger charge is -2.20. The SMILES string of the molecule is O=C(Nc1ccc(Cl)cc1)[C@H]1C[C@@H]2CC[C@@H]1C2. The molecule has 3 atom stereocenters. The second-order valence-electron chi connectivity index (χ2n) is 5.28. The van der Waals surface area contributed by atoms with Crippen molar-refractivity contribution in [3.63, 3.8) is 0 Å². The maximum atomic E-state index is 12.1. The van der Waals surface area contributed by atoms with Gasteiger partial charge in [-0.2, -0.15) is 0 Å². The van der Waals surface area contributed by atoms with Gasteiger partial charge in [0.2, 0.25) is 5.91 Å². The van der Waals surface area contributed by atoms with Gasteiger partial charge in [-0.1, -0.05) is 18.0 Å². The van der Waals surface area contributed by atoms with Crippen molar-refractivity contribution in [1.29, 1.82) is 0 Å². The standard InChI is InChI=1S/C14H16ClNO/c15-11-3-5-12(6-4-11)16-14(17)13-8-9-1-2-10(13)7-9/h3-6,9-10,13H,1-2,7-8H2,(H,16,17)/t9-,10-,13+/m1/s1. The first kappa shape index (κ1) is 11.1. The summed E-state index contributed by atoms with van der Waals surface area (Å²) in [6, 6.07) is 7.32. The second-order valence-corrected chi connectivity index (χ2v) is 5.71. The Labute approximate surface area is 106 Å². The summed E-state index contributed by atoms with van der Waals surface area (Å²) in [5, 5.41) is 3.70. The van der Waals surface area contributed by atoms with Crippen molar-refractivity contribution < 1.29 is 4.79 Å². The number of benzene rings is 1. The molecule has 0 spiro atoms. The Hall–Kier alpha value is -1.02. The molecule has 2 fully saturated rings. The van der Waals surface area contributed by atoms with Crippen LogP contribution in [0.1, 0.15) is 25.7 Å². The fourth-order valence-corrected chi connectivity index (χ4v) is 3.46. The minimum Gasteiger partial charge on any atom is -0.326 e. The van der Waals surface area contributed by atoms with E-state index in [4.69, 9.17) is 11.6 Å². The third kappa shape index (κ3) is 2.19. The zero-order chi connectivity index (χ0) is 11.8. The Balaban J connectivity index is 1.65. The molecule has 2 aliphatic carbocycles. The number of carbonyl (C=O) groups is 1. The first-order chi connectivity index (χ1) is 8.22. The van der Waals surface area contributed by atoms with Crippen LogP contribution in [0.15, 0.2) is 24.3 Å². The molecule has 2 saturated carbocycles. The zero-order valence-corrected chi connectivity index (χ0v) is 10.4. The summed E-state index contributed by atoms with van der Waals surface area (Å²) in [5.41, 5.74) is 0.849. The van der Waals surface area contributed by atoms with Gasteiger partial charge >= 0.3 is 0 Å². The number of anilines is 1. The molecule has 90 valence electrons. The summed E-state index contributed by atoms with van der Waals surface area (Å²) in [6.45, 7) is 0. The van der Waals surface area contributed by atoms with Crippen molar-refractivity contribution in [1.82, 2.24) is 0 Å². The lowest BCUT2D eigenvalue weighted by atomic mass is 9.88. The van der Waals surface area contributed by atoms with Gasteiger partial charge < -0.3 is 5.32 Å². The average molecular weight is 250 g/mol. The van der Waals surface area contributed by atoms with Crippen LogP contribution in [-0.4, -0.2) is 5.91 Å². The highest BCUT2D eigenvalue weighted by Gasteiger charge is 2.42. The molecule has 0 unspecified atom stereocenters. The number of rotatable bonds is 2. The van der Waals surface area contributed by atoms with Gasteiger partial charge in [-0.25, -0.2) is 0 Å².